The van der Waals surface area contributed by atoms with Gasteiger partial charge in [-0.25, -0.2) is 18.4 Å². The summed E-state index contributed by atoms with van der Waals surface area (Å²) in [6.07, 6.45) is 1.18. The second-order valence-electron chi connectivity index (χ2n) is 6.27. The maximum Gasteiger partial charge on any atom is 0.175 e. The number of aromatic nitrogens is 4. The second kappa shape index (κ2) is 6.48. The number of benzene rings is 2. The molecule has 0 amide bonds. The Morgan fingerprint density at radius 3 is 2.44 bits per heavy atom. The van der Waals surface area contributed by atoms with Crippen molar-refractivity contribution in [3.8, 4) is 11.4 Å². The molecule has 0 saturated heterocycles. The summed E-state index contributed by atoms with van der Waals surface area (Å²) in [7, 11) is -3.34. The minimum Gasteiger partial charge on any atom is -0.323 e. The highest BCUT2D eigenvalue weighted by molar-refractivity contribution is 7.90. The third kappa shape index (κ3) is 3.52. The van der Waals surface area contributed by atoms with Crippen molar-refractivity contribution >= 4 is 32.4 Å². The van der Waals surface area contributed by atoms with E-state index in [0.717, 1.165) is 11.3 Å². The third-order valence-corrected chi connectivity index (χ3v) is 5.19. The summed E-state index contributed by atoms with van der Waals surface area (Å²) in [5.41, 5.74) is 2.30. The number of aromatic amines is 1. The molecule has 0 saturated carbocycles. The number of fused-ring (bicyclic) bond motifs is 1. The van der Waals surface area contributed by atoms with Crippen molar-refractivity contribution in [3.63, 3.8) is 0 Å². The number of hydrogen-bond acceptors (Lipinski definition) is 6. The molecule has 0 atom stereocenters. The summed E-state index contributed by atoms with van der Waals surface area (Å²) in [6.45, 7) is 1.91. The predicted octanol–water partition coefficient (Wildman–Crippen LogP) is 3.48. The summed E-state index contributed by atoms with van der Waals surface area (Å²) in [6, 6.07) is 16.2. The van der Waals surface area contributed by atoms with E-state index in [-0.39, 0.29) is 4.90 Å². The van der Waals surface area contributed by atoms with Crippen LogP contribution in [0.1, 0.15) is 5.69 Å². The number of aryl methyl sites for hydroxylation is 1. The number of rotatable bonds is 4. The number of nitrogens with one attached hydrogen (secondary N) is 2. The standard InChI is InChI=1S/C19H17N5O2S/c1-12-10-17(24-23-12)21-19-15-9-8-14(27(2,25)26)11-16(15)20-18(22-19)13-6-4-3-5-7-13/h3-11H,1-2H3,(H2,20,21,22,23,24). The van der Waals surface area contributed by atoms with E-state index in [4.69, 9.17) is 0 Å². The topological polar surface area (TPSA) is 101 Å². The van der Waals surface area contributed by atoms with Gasteiger partial charge in [0.15, 0.2) is 21.5 Å². The van der Waals surface area contributed by atoms with Crippen molar-refractivity contribution in [2.24, 2.45) is 0 Å². The van der Waals surface area contributed by atoms with Gasteiger partial charge in [-0.3, -0.25) is 5.10 Å². The fraction of sp³-hybridized carbons (Fsp3) is 0.105. The maximum atomic E-state index is 11.9. The molecule has 4 aromatic rings. The average molecular weight is 379 g/mol. The molecule has 0 radical (unpaired) electrons. The molecule has 0 spiro atoms. The molecule has 0 aliphatic carbocycles. The highest BCUT2D eigenvalue weighted by Crippen LogP contribution is 2.28. The molecule has 0 aliphatic heterocycles. The summed E-state index contributed by atoms with van der Waals surface area (Å²) in [4.78, 5) is 9.44. The van der Waals surface area contributed by atoms with E-state index >= 15 is 0 Å². The average Bonchev–Trinajstić information content (AvgIpc) is 3.06. The molecule has 0 bridgehead atoms. The lowest BCUT2D eigenvalue weighted by Gasteiger charge is -2.10. The van der Waals surface area contributed by atoms with E-state index in [9.17, 15) is 8.42 Å². The summed E-state index contributed by atoms with van der Waals surface area (Å²) < 4.78 is 23.9. The molecule has 4 rings (SSSR count). The van der Waals surface area contributed by atoms with E-state index in [1.807, 2.05) is 43.3 Å². The fourth-order valence-electron chi connectivity index (χ4n) is 2.76. The van der Waals surface area contributed by atoms with Crippen molar-refractivity contribution in [2.75, 3.05) is 11.6 Å². The Morgan fingerprint density at radius 2 is 1.78 bits per heavy atom. The van der Waals surface area contributed by atoms with Crippen LogP contribution in [0.2, 0.25) is 0 Å². The van der Waals surface area contributed by atoms with Crippen molar-refractivity contribution < 1.29 is 8.42 Å². The lowest BCUT2D eigenvalue weighted by Crippen LogP contribution is -2.02. The smallest absolute Gasteiger partial charge is 0.175 e. The molecule has 2 N–H and O–H groups in total. The van der Waals surface area contributed by atoms with E-state index in [2.05, 4.69) is 25.5 Å². The van der Waals surface area contributed by atoms with Crippen LogP contribution in [0.15, 0.2) is 59.5 Å². The van der Waals surface area contributed by atoms with Crippen LogP contribution in [-0.4, -0.2) is 34.8 Å². The quantitative estimate of drug-likeness (QED) is 0.563. The Hall–Kier alpha value is -3.26. The molecule has 2 aromatic heterocycles. The van der Waals surface area contributed by atoms with Gasteiger partial charge in [-0.2, -0.15) is 5.10 Å². The summed E-state index contributed by atoms with van der Waals surface area (Å²) in [5.74, 6) is 1.69. The largest absolute Gasteiger partial charge is 0.323 e. The van der Waals surface area contributed by atoms with E-state index in [1.54, 1.807) is 18.2 Å². The van der Waals surface area contributed by atoms with Gasteiger partial charge in [0.1, 0.15) is 5.82 Å². The Balaban J connectivity index is 1.93. The second-order valence-corrected chi connectivity index (χ2v) is 8.29. The highest BCUT2D eigenvalue weighted by Gasteiger charge is 2.14. The number of nitrogens with zero attached hydrogens (tertiary/aromatic N) is 3. The van der Waals surface area contributed by atoms with Crippen LogP contribution in [0.25, 0.3) is 22.3 Å². The van der Waals surface area contributed by atoms with Gasteiger partial charge in [-0.05, 0) is 25.1 Å². The van der Waals surface area contributed by atoms with Crippen molar-refractivity contribution in [1.29, 1.82) is 0 Å². The van der Waals surface area contributed by atoms with Crippen molar-refractivity contribution in [1.82, 2.24) is 20.2 Å². The number of anilines is 2. The first-order valence-electron chi connectivity index (χ1n) is 8.26. The van der Waals surface area contributed by atoms with Crippen molar-refractivity contribution in [3.05, 3.63) is 60.3 Å². The zero-order valence-corrected chi connectivity index (χ0v) is 15.6. The van der Waals surface area contributed by atoms with Gasteiger partial charge >= 0.3 is 0 Å². The summed E-state index contributed by atoms with van der Waals surface area (Å²) in [5, 5.41) is 11.0. The Labute approximate surface area is 156 Å². The third-order valence-electron chi connectivity index (χ3n) is 4.08. The predicted molar refractivity (Wildman–Crippen MR) is 105 cm³/mol. The molecule has 27 heavy (non-hydrogen) atoms. The zero-order valence-electron chi connectivity index (χ0n) is 14.8. The van der Waals surface area contributed by atoms with E-state index < -0.39 is 9.84 Å². The highest BCUT2D eigenvalue weighted by atomic mass is 32.2. The molecule has 2 heterocycles. The van der Waals surface area contributed by atoms with Gasteiger partial charge < -0.3 is 5.32 Å². The minimum atomic E-state index is -3.34. The summed E-state index contributed by atoms with van der Waals surface area (Å²) >= 11 is 0. The van der Waals surface area contributed by atoms with Crippen molar-refractivity contribution in [2.45, 2.75) is 11.8 Å². The normalized spacial score (nSPS) is 11.6. The van der Waals surface area contributed by atoms with Crippen LogP contribution >= 0.6 is 0 Å². The first-order chi connectivity index (χ1) is 12.9. The van der Waals surface area contributed by atoms with E-state index in [1.165, 1.54) is 6.26 Å². The number of sulfone groups is 1. The number of H-pyrrole nitrogens is 1. The molecule has 7 nitrogen and oxygen atoms in total. The SMILES string of the molecule is Cc1cc(Nc2nc(-c3ccccc3)nc3cc(S(C)(=O)=O)ccc23)n[nH]1. The van der Waals surface area contributed by atoms with Gasteiger partial charge in [0, 0.05) is 29.0 Å². The fourth-order valence-corrected chi connectivity index (χ4v) is 3.40. The molecule has 0 fully saturated rings. The minimum absolute atomic E-state index is 0.217. The first-order valence-corrected chi connectivity index (χ1v) is 10.2. The van der Waals surface area contributed by atoms with Crippen LogP contribution in [0.5, 0.6) is 0 Å². The van der Waals surface area contributed by atoms with Crippen LogP contribution in [0.3, 0.4) is 0 Å². The van der Waals surface area contributed by atoms with Gasteiger partial charge in [0.2, 0.25) is 0 Å². The van der Waals surface area contributed by atoms with Gasteiger partial charge in [-0.1, -0.05) is 30.3 Å². The molecule has 0 unspecified atom stereocenters. The Kier molecular flexibility index (Phi) is 4.12. The lowest BCUT2D eigenvalue weighted by atomic mass is 10.2. The van der Waals surface area contributed by atoms with Gasteiger partial charge in [-0.15, -0.1) is 0 Å². The van der Waals surface area contributed by atoms with Crippen LogP contribution < -0.4 is 5.32 Å². The van der Waals surface area contributed by atoms with Gasteiger partial charge in [0.05, 0.1) is 10.4 Å². The van der Waals surface area contributed by atoms with Gasteiger partial charge in [0.25, 0.3) is 0 Å². The molecule has 8 heteroatoms. The molecular weight excluding hydrogens is 362 g/mol. The van der Waals surface area contributed by atoms with Crippen LogP contribution in [-0.2, 0) is 9.84 Å². The molecule has 136 valence electrons. The first kappa shape index (κ1) is 17.2. The Bertz CT molecular complexity index is 1230. The van der Waals surface area contributed by atoms with Crippen LogP contribution in [0.4, 0.5) is 11.6 Å². The Morgan fingerprint density at radius 1 is 1.00 bits per heavy atom. The van der Waals surface area contributed by atoms with E-state index in [0.29, 0.717) is 28.4 Å². The number of hydrogen-bond donors (Lipinski definition) is 2. The lowest BCUT2D eigenvalue weighted by molar-refractivity contribution is 0.602. The van der Waals surface area contributed by atoms with Crippen LogP contribution in [0, 0.1) is 6.92 Å². The monoisotopic (exact) mass is 379 g/mol. The zero-order chi connectivity index (χ0) is 19.0. The molecular formula is C19H17N5O2S. The maximum absolute atomic E-state index is 11.9. The molecule has 0 aliphatic rings. The molecule has 2 aromatic carbocycles.